The van der Waals surface area contributed by atoms with E-state index >= 15 is 0 Å². The summed E-state index contributed by atoms with van der Waals surface area (Å²) >= 11 is 0. The Balaban J connectivity index is 2.45. The van der Waals surface area contributed by atoms with E-state index < -0.39 is 17.7 Å². The van der Waals surface area contributed by atoms with E-state index in [1.807, 2.05) is 6.92 Å². The molecular weight excluding hydrogens is 264 g/mol. The summed E-state index contributed by atoms with van der Waals surface area (Å²) in [7, 11) is 1.51. The predicted octanol–water partition coefficient (Wildman–Crippen LogP) is 2.63. The number of rotatable bonds is 5. The second kappa shape index (κ2) is 6.00. The summed E-state index contributed by atoms with van der Waals surface area (Å²) in [4.78, 5) is 0. The Hall–Kier alpha value is -1.95. The number of aromatic nitrogens is 2. The van der Waals surface area contributed by atoms with Crippen LogP contribution in [-0.4, -0.2) is 16.9 Å². The number of aryl methyl sites for hydroxylation is 1. The first-order chi connectivity index (χ1) is 9.56. The molecule has 0 fully saturated rings. The summed E-state index contributed by atoms with van der Waals surface area (Å²) < 4.78 is 33.5. The quantitative estimate of drug-likeness (QED) is 0.916. The van der Waals surface area contributed by atoms with E-state index in [0.29, 0.717) is 23.6 Å². The molecule has 4 nitrogen and oxygen atoms in total. The van der Waals surface area contributed by atoms with Crippen LogP contribution >= 0.6 is 0 Å². The number of benzene rings is 1. The molecule has 0 amide bonds. The maximum atomic E-state index is 13.3. The summed E-state index contributed by atoms with van der Waals surface area (Å²) in [6.07, 6.45) is 2.42. The average Bonchev–Trinajstić information content (AvgIpc) is 2.80. The van der Waals surface area contributed by atoms with Crippen molar-refractivity contribution >= 4 is 0 Å². The van der Waals surface area contributed by atoms with Crippen LogP contribution in [0.25, 0.3) is 0 Å². The molecule has 2 aromatic rings. The van der Waals surface area contributed by atoms with Gasteiger partial charge in [-0.2, -0.15) is 5.10 Å². The lowest BCUT2D eigenvalue weighted by molar-refractivity contribution is 0.403. The third kappa shape index (κ3) is 2.80. The van der Waals surface area contributed by atoms with Crippen LogP contribution < -0.4 is 10.5 Å². The number of nitrogens with zero attached hydrogens (tertiary/aromatic N) is 2. The number of halogens is 2. The Kier molecular flexibility index (Phi) is 4.34. The Bertz CT molecular complexity index is 578. The zero-order valence-electron chi connectivity index (χ0n) is 11.4. The van der Waals surface area contributed by atoms with E-state index in [9.17, 15) is 8.78 Å². The van der Waals surface area contributed by atoms with Crippen LogP contribution in [0.2, 0.25) is 0 Å². The van der Waals surface area contributed by atoms with E-state index in [1.54, 1.807) is 10.9 Å². The normalized spacial score (nSPS) is 12.4. The van der Waals surface area contributed by atoms with Gasteiger partial charge in [0.25, 0.3) is 0 Å². The molecule has 1 heterocycles. The van der Waals surface area contributed by atoms with Gasteiger partial charge in [-0.3, -0.25) is 4.68 Å². The fourth-order valence-corrected chi connectivity index (χ4v) is 2.15. The molecule has 6 heteroatoms. The van der Waals surface area contributed by atoms with Crippen molar-refractivity contribution in [2.45, 2.75) is 25.9 Å². The van der Waals surface area contributed by atoms with Crippen molar-refractivity contribution in [3.05, 3.63) is 47.3 Å². The largest absolute Gasteiger partial charge is 0.493 e. The molecule has 1 unspecified atom stereocenters. The van der Waals surface area contributed by atoms with Gasteiger partial charge in [-0.15, -0.1) is 0 Å². The lowest BCUT2D eigenvalue weighted by Crippen LogP contribution is -2.19. The predicted molar refractivity (Wildman–Crippen MR) is 71.5 cm³/mol. The lowest BCUT2D eigenvalue weighted by atomic mass is 10.0. The van der Waals surface area contributed by atoms with Gasteiger partial charge < -0.3 is 10.5 Å². The molecule has 0 aliphatic rings. The molecule has 108 valence electrons. The second-order valence-corrected chi connectivity index (χ2v) is 4.50. The highest BCUT2D eigenvalue weighted by Gasteiger charge is 2.21. The van der Waals surface area contributed by atoms with E-state index in [0.717, 1.165) is 12.5 Å². The standard InChI is InChI=1S/C14H17F2N3O/c1-3-4-19-14(12(20-2)8-18-19)13(17)9-5-10(15)7-11(16)6-9/h5-8,13H,3-4,17H2,1-2H3. The third-order valence-corrected chi connectivity index (χ3v) is 3.04. The first kappa shape index (κ1) is 14.5. The van der Waals surface area contributed by atoms with E-state index in [4.69, 9.17) is 10.5 Å². The van der Waals surface area contributed by atoms with Crippen molar-refractivity contribution in [1.29, 1.82) is 0 Å². The number of nitrogens with two attached hydrogens (primary N) is 1. The van der Waals surface area contributed by atoms with Gasteiger partial charge in [-0.1, -0.05) is 6.92 Å². The molecule has 0 aliphatic carbocycles. The zero-order valence-corrected chi connectivity index (χ0v) is 11.4. The number of ether oxygens (including phenoxy) is 1. The Morgan fingerprint density at radius 3 is 2.50 bits per heavy atom. The summed E-state index contributed by atoms with van der Waals surface area (Å²) in [5.74, 6) is -0.803. The van der Waals surface area contributed by atoms with Crippen LogP contribution in [0.5, 0.6) is 5.75 Å². The summed E-state index contributed by atoms with van der Waals surface area (Å²) in [6, 6.07) is 2.55. The van der Waals surface area contributed by atoms with E-state index in [1.165, 1.54) is 19.2 Å². The van der Waals surface area contributed by atoms with Crippen LogP contribution in [0.15, 0.2) is 24.4 Å². The molecule has 0 spiro atoms. The van der Waals surface area contributed by atoms with Crippen LogP contribution in [-0.2, 0) is 6.54 Å². The summed E-state index contributed by atoms with van der Waals surface area (Å²) in [5, 5.41) is 4.19. The molecule has 2 N–H and O–H groups in total. The van der Waals surface area contributed by atoms with E-state index in [2.05, 4.69) is 5.10 Å². The third-order valence-electron chi connectivity index (χ3n) is 3.04. The van der Waals surface area contributed by atoms with Gasteiger partial charge in [-0.05, 0) is 24.1 Å². The summed E-state index contributed by atoms with van der Waals surface area (Å²) in [5.41, 5.74) is 7.09. The molecule has 0 saturated carbocycles. The van der Waals surface area contributed by atoms with E-state index in [-0.39, 0.29) is 0 Å². The minimum absolute atomic E-state index is 0.346. The van der Waals surface area contributed by atoms with Gasteiger partial charge in [0.05, 0.1) is 19.3 Å². The fraction of sp³-hybridized carbons (Fsp3) is 0.357. The molecule has 0 saturated heterocycles. The number of hydrogen-bond donors (Lipinski definition) is 1. The Morgan fingerprint density at radius 1 is 1.30 bits per heavy atom. The minimum atomic E-state index is -0.704. The van der Waals surface area contributed by atoms with Crippen LogP contribution in [0.3, 0.4) is 0 Å². The molecule has 1 aromatic carbocycles. The number of hydrogen-bond acceptors (Lipinski definition) is 3. The smallest absolute Gasteiger partial charge is 0.161 e. The highest BCUT2D eigenvalue weighted by molar-refractivity contribution is 5.36. The molecule has 0 aliphatic heterocycles. The van der Waals surface area contributed by atoms with Gasteiger partial charge in [0.2, 0.25) is 0 Å². The maximum absolute atomic E-state index is 13.3. The molecule has 0 bridgehead atoms. The van der Waals surface area contributed by atoms with Gasteiger partial charge in [0.15, 0.2) is 5.75 Å². The van der Waals surface area contributed by atoms with Gasteiger partial charge in [-0.25, -0.2) is 8.78 Å². The SMILES string of the molecule is CCCn1ncc(OC)c1C(N)c1cc(F)cc(F)c1. The maximum Gasteiger partial charge on any atom is 0.161 e. The molecule has 1 aromatic heterocycles. The van der Waals surface area contributed by atoms with Crippen molar-refractivity contribution in [3.63, 3.8) is 0 Å². The fourth-order valence-electron chi connectivity index (χ4n) is 2.15. The first-order valence-corrected chi connectivity index (χ1v) is 6.38. The van der Waals surface area contributed by atoms with Crippen molar-refractivity contribution in [2.75, 3.05) is 7.11 Å². The average molecular weight is 281 g/mol. The van der Waals surface area contributed by atoms with Crippen LogP contribution in [0.4, 0.5) is 8.78 Å². The van der Waals surface area contributed by atoms with Crippen molar-refractivity contribution in [1.82, 2.24) is 9.78 Å². The molecule has 1 atom stereocenters. The second-order valence-electron chi connectivity index (χ2n) is 4.50. The Morgan fingerprint density at radius 2 is 1.95 bits per heavy atom. The van der Waals surface area contributed by atoms with Gasteiger partial charge >= 0.3 is 0 Å². The minimum Gasteiger partial charge on any atom is -0.493 e. The zero-order chi connectivity index (χ0) is 14.7. The molecule has 0 radical (unpaired) electrons. The van der Waals surface area contributed by atoms with Crippen molar-refractivity contribution < 1.29 is 13.5 Å². The van der Waals surface area contributed by atoms with Gasteiger partial charge in [0.1, 0.15) is 17.3 Å². The highest BCUT2D eigenvalue weighted by atomic mass is 19.1. The monoisotopic (exact) mass is 281 g/mol. The van der Waals surface area contributed by atoms with Crippen molar-refractivity contribution in [2.24, 2.45) is 5.73 Å². The first-order valence-electron chi connectivity index (χ1n) is 6.38. The summed E-state index contributed by atoms with van der Waals surface area (Å²) in [6.45, 7) is 2.66. The molecule has 20 heavy (non-hydrogen) atoms. The topological polar surface area (TPSA) is 53.1 Å². The number of methoxy groups -OCH3 is 1. The molecular formula is C14H17F2N3O. The van der Waals surface area contributed by atoms with Crippen LogP contribution in [0.1, 0.15) is 30.6 Å². The van der Waals surface area contributed by atoms with Crippen LogP contribution in [0, 0.1) is 11.6 Å². The Labute approximate surface area is 116 Å². The van der Waals surface area contributed by atoms with Crippen molar-refractivity contribution in [3.8, 4) is 5.75 Å². The van der Waals surface area contributed by atoms with Gasteiger partial charge in [0, 0.05) is 12.6 Å². The molecule has 2 rings (SSSR count). The highest BCUT2D eigenvalue weighted by Crippen LogP contribution is 2.29. The lowest BCUT2D eigenvalue weighted by Gasteiger charge is -2.16.